The summed E-state index contributed by atoms with van der Waals surface area (Å²) >= 11 is 0. The molecule has 1 nitrogen and oxygen atoms in total. The van der Waals surface area contributed by atoms with Gasteiger partial charge in [-0.2, -0.15) is 0 Å². The van der Waals surface area contributed by atoms with E-state index < -0.39 is 0 Å². The van der Waals surface area contributed by atoms with Crippen molar-refractivity contribution in [3.8, 4) is 0 Å². The van der Waals surface area contributed by atoms with E-state index in [2.05, 4.69) is 0 Å². The number of hydrogen-bond acceptors (Lipinski definition) is 1. The summed E-state index contributed by atoms with van der Waals surface area (Å²) in [6.45, 7) is 1.93. The van der Waals surface area contributed by atoms with Crippen LogP contribution in [0.1, 0.15) is 6.92 Å². The Morgan fingerprint density at radius 2 is 1.75 bits per heavy atom. The average molecular weight is 123 g/mol. The van der Waals surface area contributed by atoms with Gasteiger partial charge < -0.3 is 5.11 Å². The van der Waals surface area contributed by atoms with Crippen molar-refractivity contribution in [2.24, 2.45) is 0 Å². The van der Waals surface area contributed by atoms with E-state index >= 15 is 0 Å². The quantitative estimate of drug-likeness (QED) is 0.390. The van der Waals surface area contributed by atoms with Gasteiger partial charge in [-0.05, 0) is 6.92 Å². The summed E-state index contributed by atoms with van der Waals surface area (Å²) in [6.07, 6.45) is 0. The summed E-state index contributed by atoms with van der Waals surface area (Å²) in [4.78, 5) is 0. The zero-order valence-electron chi connectivity index (χ0n) is 2.15. The van der Waals surface area contributed by atoms with Crippen LogP contribution in [0.3, 0.4) is 0 Å². The van der Waals surface area contributed by atoms with Crippen molar-refractivity contribution in [3.05, 3.63) is 0 Å². The molecule has 0 spiro atoms. The van der Waals surface area contributed by atoms with Gasteiger partial charge in [-0.3, -0.25) is 0 Å². The van der Waals surface area contributed by atoms with Crippen molar-refractivity contribution >= 4 is 17.6 Å². The number of aliphatic hydroxyl groups excluding tert-OH is 1. The van der Waals surface area contributed by atoms with Crippen LogP contribution in [0.25, 0.3) is 0 Å². The molecule has 0 unspecified atom stereocenters. The first kappa shape index (κ1) is 8.82. The summed E-state index contributed by atoms with van der Waals surface area (Å²) < 4.78 is 0. The predicted octanol–water partition coefficient (Wildman–Crippen LogP) is -1.45. The molecule has 0 rings (SSSR count). The van der Waals surface area contributed by atoms with E-state index in [-0.39, 0.29) is 24.2 Å². The molecule has 0 aliphatic rings. The van der Waals surface area contributed by atoms with E-state index in [1.54, 1.807) is 6.92 Å². The van der Waals surface area contributed by atoms with Gasteiger partial charge in [0.1, 0.15) is 0 Å². The molecule has 4 heavy (non-hydrogen) atoms. The van der Waals surface area contributed by atoms with Gasteiger partial charge >= 0.3 is 17.6 Å². The molecule has 0 aliphatic heterocycles. The molecule has 0 bridgehead atoms. The van der Waals surface area contributed by atoms with Crippen molar-refractivity contribution in [1.82, 2.24) is 0 Å². The minimum atomic E-state index is 0. The Kier molecular flexibility index (Phi) is 21.4. The van der Waals surface area contributed by atoms with Gasteiger partial charge in [0.2, 0.25) is 0 Å². The van der Waals surface area contributed by atoms with E-state index in [1.165, 1.54) is 0 Å². The molecule has 0 aromatic carbocycles. The van der Waals surface area contributed by atoms with Crippen molar-refractivity contribution in [1.29, 1.82) is 0 Å². The normalized spacial score (nSPS) is 4.50. The monoisotopic (exact) mass is 124 g/mol. The van der Waals surface area contributed by atoms with Crippen LogP contribution in [0.15, 0.2) is 0 Å². The SMILES string of the molecule is CCO.[GeH4]. The Hall–Kier alpha value is 0.503. The van der Waals surface area contributed by atoms with Crippen LogP contribution >= 0.6 is 0 Å². The molecular weight excluding hydrogens is 113 g/mol. The first-order valence-corrected chi connectivity index (χ1v) is 1.02. The molecule has 0 heterocycles. The van der Waals surface area contributed by atoms with Crippen molar-refractivity contribution in [3.63, 3.8) is 0 Å². The summed E-state index contributed by atoms with van der Waals surface area (Å²) in [7, 11) is 0. The zero-order chi connectivity index (χ0) is 2.71. The zero-order valence-corrected chi connectivity index (χ0v) is 2.15. The third kappa shape index (κ3) is 22.4. The van der Waals surface area contributed by atoms with Crippen LogP contribution in [0, 0.1) is 0 Å². The van der Waals surface area contributed by atoms with Crippen LogP contribution in [0.4, 0.5) is 0 Å². The van der Waals surface area contributed by atoms with Crippen LogP contribution in [-0.2, 0) is 0 Å². The van der Waals surface area contributed by atoms with Crippen molar-refractivity contribution in [2.75, 3.05) is 6.61 Å². The van der Waals surface area contributed by atoms with E-state index in [9.17, 15) is 0 Å². The Labute approximate surface area is 37.0 Å². The second-order valence-electron chi connectivity index (χ2n) is 0.316. The molecule has 0 saturated heterocycles. The Morgan fingerprint density at radius 1 is 1.75 bits per heavy atom. The molecule has 28 valence electrons. The van der Waals surface area contributed by atoms with E-state index in [4.69, 9.17) is 5.11 Å². The number of hydrogen-bond donors (Lipinski definition) is 1. The maximum atomic E-state index is 7.57. The first-order valence-electron chi connectivity index (χ1n) is 1.02. The molecule has 0 amide bonds. The minimum absolute atomic E-state index is 0. The molecule has 0 fully saturated rings. The number of rotatable bonds is 0. The van der Waals surface area contributed by atoms with Gasteiger partial charge in [-0.15, -0.1) is 0 Å². The third-order valence-electron chi connectivity index (χ3n) is 0. The summed E-state index contributed by atoms with van der Waals surface area (Å²) in [5.41, 5.74) is 0. The summed E-state index contributed by atoms with van der Waals surface area (Å²) in [6, 6.07) is 0. The van der Waals surface area contributed by atoms with Crippen molar-refractivity contribution < 1.29 is 5.11 Å². The van der Waals surface area contributed by atoms with Gasteiger partial charge in [0.15, 0.2) is 0 Å². The first-order chi connectivity index (χ1) is 1.41. The molecule has 0 radical (unpaired) electrons. The summed E-state index contributed by atoms with van der Waals surface area (Å²) in [5, 5.41) is 7.57. The second-order valence-corrected chi connectivity index (χ2v) is 0.316. The van der Waals surface area contributed by atoms with Crippen LogP contribution < -0.4 is 0 Å². The number of aliphatic hydroxyl groups is 1. The molecule has 0 atom stereocenters. The van der Waals surface area contributed by atoms with Gasteiger partial charge in [-0.25, -0.2) is 0 Å². The fraction of sp³-hybridized carbons (Fsp3) is 1.00. The summed E-state index contributed by atoms with van der Waals surface area (Å²) in [5.74, 6) is 0. The van der Waals surface area contributed by atoms with Crippen LogP contribution in [-0.4, -0.2) is 29.3 Å². The fourth-order valence-corrected chi connectivity index (χ4v) is 0. The van der Waals surface area contributed by atoms with Gasteiger partial charge in [0.25, 0.3) is 0 Å². The molecule has 0 saturated carbocycles. The average Bonchev–Trinajstić information content (AvgIpc) is 0.918. The topological polar surface area (TPSA) is 20.2 Å². The molecule has 2 heteroatoms. The standard InChI is InChI=1S/C2H6O.GeH4/c1-2-3;/h3H,2H2,1H3;1H4. The van der Waals surface area contributed by atoms with Crippen LogP contribution in [0.2, 0.25) is 0 Å². The van der Waals surface area contributed by atoms with E-state index in [0.29, 0.717) is 0 Å². The molecule has 1 N–H and O–H groups in total. The Balaban J connectivity index is 0. The van der Waals surface area contributed by atoms with Crippen molar-refractivity contribution in [2.45, 2.75) is 6.92 Å². The van der Waals surface area contributed by atoms with E-state index in [1.807, 2.05) is 0 Å². The fourth-order valence-electron chi connectivity index (χ4n) is 0. The van der Waals surface area contributed by atoms with Crippen LogP contribution in [0.5, 0.6) is 0 Å². The molecule has 0 aromatic heterocycles. The maximum absolute atomic E-state index is 7.57. The van der Waals surface area contributed by atoms with Gasteiger partial charge in [0, 0.05) is 6.61 Å². The molecular formula is C2H10GeO. The third-order valence-corrected chi connectivity index (χ3v) is 0. The Morgan fingerprint density at radius 3 is 1.75 bits per heavy atom. The van der Waals surface area contributed by atoms with E-state index in [0.717, 1.165) is 0 Å². The second kappa shape index (κ2) is 9.72. The predicted molar refractivity (Wildman–Crippen MR) is 24.1 cm³/mol. The van der Waals surface area contributed by atoms with Gasteiger partial charge in [0.05, 0.1) is 0 Å². The molecule has 0 aliphatic carbocycles. The van der Waals surface area contributed by atoms with Gasteiger partial charge in [-0.1, -0.05) is 0 Å². The Bertz CT molecular complexity index is 6.00. The molecule has 0 aromatic rings.